The molecule has 1 saturated heterocycles. The Bertz CT molecular complexity index is 1040. The summed E-state index contributed by atoms with van der Waals surface area (Å²) in [5, 5.41) is 1.27. The van der Waals surface area contributed by atoms with Crippen molar-refractivity contribution >= 4 is 43.8 Å². The van der Waals surface area contributed by atoms with Gasteiger partial charge in [0.25, 0.3) is 0 Å². The van der Waals surface area contributed by atoms with Crippen molar-refractivity contribution in [2.24, 2.45) is 0 Å². The molecule has 1 aliphatic rings. The van der Waals surface area contributed by atoms with Gasteiger partial charge in [-0.05, 0) is 67.7 Å². The van der Waals surface area contributed by atoms with E-state index < -0.39 is 5.60 Å². The van der Waals surface area contributed by atoms with E-state index in [0.717, 1.165) is 23.7 Å². The van der Waals surface area contributed by atoms with E-state index in [4.69, 9.17) is 9.72 Å². The standard InChI is InChI=1S/C20H21BrFN3O2/c1-20(2,3)27-19(26)25-10-4-5-15(25)18-23-14-9-7-11-12(17(14)24-18)6-8-13(21)16(11)22/h6-9,15H,4-5,10H2,1-3H3,(H,23,24). The van der Waals surface area contributed by atoms with Gasteiger partial charge in [0.15, 0.2) is 0 Å². The molecule has 142 valence electrons. The predicted molar refractivity (Wildman–Crippen MR) is 106 cm³/mol. The fourth-order valence-corrected chi connectivity index (χ4v) is 3.93. The second kappa shape index (κ2) is 6.48. The number of aromatic amines is 1. The molecule has 7 heteroatoms. The van der Waals surface area contributed by atoms with Crippen LogP contribution in [-0.4, -0.2) is 33.1 Å². The summed E-state index contributed by atoms with van der Waals surface area (Å²) >= 11 is 3.23. The van der Waals surface area contributed by atoms with Crippen LogP contribution >= 0.6 is 15.9 Å². The van der Waals surface area contributed by atoms with Crippen molar-refractivity contribution in [1.29, 1.82) is 0 Å². The number of carbonyl (C=O) groups excluding carboxylic acids is 1. The maximum Gasteiger partial charge on any atom is 0.410 e. The largest absolute Gasteiger partial charge is 0.444 e. The van der Waals surface area contributed by atoms with Crippen molar-refractivity contribution in [2.75, 3.05) is 6.54 Å². The molecule has 0 aliphatic carbocycles. The molecular formula is C20H21BrFN3O2. The van der Waals surface area contributed by atoms with Gasteiger partial charge in [-0.1, -0.05) is 6.07 Å². The number of halogens is 2. The highest BCUT2D eigenvalue weighted by Crippen LogP contribution is 2.35. The average molecular weight is 434 g/mol. The molecule has 0 radical (unpaired) electrons. The Morgan fingerprint density at radius 2 is 2.04 bits per heavy atom. The lowest BCUT2D eigenvalue weighted by molar-refractivity contribution is 0.0219. The summed E-state index contributed by atoms with van der Waals surface area (Å²) in [6.07, 6.45) is 1.38. The number of H-pyrrole nitrogens is 1. The van der Waals surface area contributed by atoms with Crippen molar-refractivity contribution < 1.29 is 13.9 Å². The summed E-state index contributed by atoms with van der Waals surface area (Å²) in [5.74, 6) is 0.416. The molecule has 4 rings (SSSR count). The molecule has 1 atom stereocenters. The number of benzene rings is 2. The predicted octanol–water partition coefficient (Wildman–Crippen LogP) is 5.69. The first kappa shape index (κ1) is 18.2. The van der Waals surface area contributed by atoms with E-state index in [1.807, 2.05) is 32.9 Å². The number of hydrogen-bond donors (Lipinski definition) is 1. The molecule has 27 heavy (non-hydrogen) atoms. The van der Waals surface area contributed by atoms with Gasteiger partial charge in [-0.25, -0.2) is 14.2 Å². The smallest absolute Gasteiger partial charge is 0.410 e. The van der Waals surface area contributed by atoms with Gasteiger partial charge in [-0.3, -0.25) is 4.90 Å². The molecule has 1 N–H and O–H groups in total. The first-order valence-corrected chi connectivity index (χ1v) is 9.80. The molecule has 1 amide bonds. The number of aromatic nitrogens is 2. The number of rotatable bonds is 1. The lowest BCUT2D eigenvalue weighted by Gasteiger charge is -2.27. The van der Waals surface area contributed by atoms with Crippen molar-refractivity contribution in [2.45, 2.75) is 45.3 Å². The normalized spacial score (nSPS) is 17.8. The van der Waals surface area contributed by atoms with Gasteiger partial charge in [0.1, 0.15) is 17.2 Å². The van der Waals surface area contributed by atoms with Crippen LogP contribution in [0.2, 0.25) is 0 Å². The number of nitrogens with one attached hydrogen (secondary N) is 1. The molecule has 0 spiro atoms. The molecule has 3 aromatic rings. The van der Waals surface area contributed by atoms with Gasteiger partial charge in [-0.2, -0.15) is 0 Å². The zero-order valence-corrected chi connectivity index (χ0v) is 17.1. The van der Waals surface area contributed by atoms with E-state index in [9.17, 15) is 9.18 Å². The van der Waals surface area contributed by atoms with Gasteiger partial charge >= 0.3 is 6.09 Å². The molecular weight excluding hydrogens is 413 g/mol. The molecule has 1 unspecified atom stereocenters. The molecule has 0 saturated carbocycles. The Morgan fingerprint density at radius 1 is 1.30 bits per heavy atom. The zero-order chi connectivity index (χ0) is 19.3. The van der Waals surface area contributed by atoms with Crippen LogP contribution in [-0.2, 0) is 4.74 Å². The van der Waals surface area contributed by atoms with Crippen LogP contribution in [0.1, 0.15) is 45.5 Å². The van der Waals surface area contributed by atoms with Crippen LogP contribution in [0.25, 0.3) is 21.8 Å². The molecule has 1 fully saturated rings. The number of nitrogens with zero attached hydrogens (tertiary/aromatic N) is 2. The molecule has 2 aromatic carbocycles. The maximum absolute atomic E-state index is 14.4. The third kappa shape index (κ3) is 3.29. The van der Waals surface area contributed by atoms with E-state index >= 15 is 0 Å². The minimum atomic E-state index is -0.542. The van der Waals surface area contributed by atoms with Crippen LogP contribution in [0.15, 0.2) is 28.7 Å². The highest BCUT2D eigenvalue weighted by molar-refractivity contribution is 9.10. The van der Waals surface area contributed by atoms with Crippen molar-refractivity contribution in [3.63, 3.8) is 0 Å². The number of hydrogen-bond acceptors (Lipinski definition) is 3. The number of fused-ring (bicyclic) bond motifs is 3. The number of amides is 1. The second-order valence-corrected chi connectivity index (χ2v) is 8.73. The quantitative estimate of drug-likeness (QED) is 0.536. The Morgan fingerprint density at radius 3 is 2.78 bits per heavy atom. The number of ether oxygens (including phenoxy) is 1. The highest BCUT2D eigenvalue weighted by Gasteiger charge is 2.35. The number of carbonyl (C=O) groups is 1. The minimum Gasteiger partial charge on any atom is -0.444 e. The summed E-state index contributed by atoms with van der Waals surface area (Å²) < 4.78 is 20.4. The van der Waals surface area contributed by atoms with Crippen molar-refractivity contribution in [3.05, 3.63) is 40.4 Å². The van der Waals surface area contributed by atoms with Gasteiger partial charge < -0.3 is 9.72 Å². The zero-order valence-electron chi connectivity index (χ0n) is 15.5. The van der Waals surface area contributed by atoms with Crippen LogP contribution in [0, 0.1) is 5.82 Å². The summed E-state index contributed by atoms with van der Waals surface area (Å²) in [5.41, 5.74) is 0.999. The van der Waals surface area contributed by atoms with E-state index in [-0.39, 0.29) is 18.0 Å². The SMILES string of the molecule is CC(C)(C)OC(=O)N1CCCC1c1nc2c(ccc3c(F)c(Br)ccc32)[nH]1. The van der Waals surface area contributed by atoms with E-state index in [1.165, 1.54) is 0 Å². The van der Waals surface area contributed by atoms with Crippen LogP contribution in [0.3, 0.4) is 0 Å². The van der Waals surface area contributed by atoms with Crippen LogP contribution < -0.4 is 0 Å². The van der Waals surface area contributed by atoms with Crippen LogP contribution in [0.5, 0.6) is 0 Å². The van der Waals surface area contributed by atoms with Crippen molar-refractivity contribution in [3.8, 4) is 0 Å². The summed E-state index contributed by atoms with van der Waals surface area (Å²) in [6.45, 7) is 6.21. The lowest BCUT2D eigenvalue weighted by Crippen LogP contribution is -2.36. The van der Waals surface area contributed by atoms with Gasteiger partial charge in [-0.15, -0.1) is 0 Å². The summed E-state index contributed by atoms with van der Waals surface area (Å²) in [7, 11) is 0. The second-order valence-electron chi connectivity index (χ2n) is 7.87. The fraction of sp³-hybridized carbons (Fsp3) is 0.400. The average Bonchev–Trinajstić information content (AvgIpc) is 3.22. The Kier molecular flexibility index (Phi) is 4.37. The molecule has 5 nitrogen and oxygen atoms in total. The van der Waals surface area contributed by atoms with E-state index in [1.54, 1.807) is 17.0 Å². The number of likely N-dealkylation sites (tertiary alicyclic amines) is 1. The lowest BCUT2D eigenvalue weighted by atomic mass is 10.1. The third-order valence-electron chi connectivity index (χ3n) is 4.75. The van der Waals surface area contributed by atoms with Gasteiger partial charge in [0.2, 0.25) is 0 Å². The highest BCUT2D eigenvalue weighted by atomic mass is 79.9. The first-order valence-electron chi connectivity index (χ1n) is 9.00. The summed E-state index contributed by atoms with van der Waals surface area (Å²) in [4.78, 5) is 22.3. The molecule has 2 heterocycles. The van der Waals surface area contributed by atoms with E-state index in [0.29, 0.717) is 27.7 Å². The van der Waals surface area contributed by atoms with Gasteiger partial charge in [0.05, 0.1) is 21.5 Å². The topological polar surface area (TPSA) is 58.2 Å². The Balaban J connectivity index is 1.74. The third-order valence-corrected chi connectivity index (χ3v) is 5.36. The Labute approximate surface area is 165 Å². The van der Waals surface area contributed by atoms with Crippen molar-refractivity contribution in [1.82, 2.24) is 14.9 Å². The minimum absolute atomic E-state index is 0.164. The van der Waals surface area contributed by atoms with E-state index in [2.05, 4.69) is 20.9 Å². The molecule has 0 bridgehead atoms. The molecule has 1 aromatic heterocycles. The van der Waals surface area contributed by atoms with Gasteiger partial charge in [0, 0.05) is 17.3 Å². The Hall–Kier alpha value is -2.15. The molecule has 1 aliphatic heterocycles. The first-order chi connectivity index (χ1) is 12.7. The maximum atomic E-state index is 14.4. The number of imidazole rings is 1. The summed E-state index contributed by atoms with van der Waals surface area (Å²) in [6, 6.07) is 6.96. The monoisotopic (exact) mass is 433 g/mol. The fourth-order valence-electron chi connectivity index (χ4n) is 3.58. The van der Waals surface area contributed by atoms with Crippen LogP contribution in [0.4, 0.5) is 9.18 Å².